The molecule has 6 nitrogen and oxygen atoms in total. The van der Waals surface area contributed by atoms with Crippen LogP contribution in [0.2, 0.25) is 4.34 Å². The summed E-state index contributed by atoms with van der Waals surface area (Å²) in [4.78, 5) is 20.7. The van der Waals surface area contributed by atoms with Crippen molar-refractivity contribution in [1.29, 1.82) is 0 Å². The van der Waals surface area contributed by atoms with Crippen molar-refractivity contribution in [2.45, 2.75) is 45.8 Å². The minimum atomic E-state index is -0.497. The molecule has 1 amide bonds. The van der Waals surface area contributed by atoms with Crippen molar-refractivity contribution in [3.05, 3.63) is 44.7 Å². The Hall–Kier alpha value is -1.90. The maximum atomic E-state index is 12.1. The molecule has 0 fully saturated rings. The van der Waals surface area contributed by atoms with Gasteiger partial charge in [0.2, 0.25) is 0 Å². The van der Waals surface area contributed by atoms with Gasteiger partial charge in [-0.3, -0.25) is 0 Å². The summed E-state index contributed by atoms with van der Waals surface area (Å²) in [5, 5.41) is 6.77. The quantitative estimate of drug-likeness (QED) is 0.470. The molecule has 0 saturated heterocycles. The number of halogens is 1. The van der Waals surface area contributed by atoms with Crippen LogP contribution in [0, 0.1) is 0 Å². The molecule has 0 saturated carbocycles. The molecule has 0 bridgehead atoms. The first-order chi connectivity index (χ1) is 13.7. The van der Waals surface area contributed by atoms with Crippen LogP contribution in [0.1, 0.15) is 37.9 Å². The van der Waals surface area contributed by atoms with Gasteiger partial charge in [-0.25, -0.2) is 14.5 Å². The number of thiophene rings is 2. The number of amides is 1. The molecule has 0 aliphatic heterocycles. The highest BCUT2D eigenvalue weighted by molar-refractivity contribution is 7.19. The molecule has 0 atom stereocenters. The normalized spacial score (nSPS) is 11.6. The van der Waals surface area contributed by atoms with Gasteiger partial charge in [0, 0.05) is 24.9 Å². The number of aromatic nitrogens is 3. The van der Waals surface area contributed by atoms with E-state index in [4.69, 9.17) is 26.4 Å². The highest BCUT2D eigenvalue weighted by Crippen LogP contribution is 2.29. The number of rotatable bonds is 7. The van der Waals surface area contributed by atoms with Crippen LogP contribution in [0.4, 0.5) is 4.79 Å². The van der Waals surface area contributed by atoms with Gasteiger partial charge in [-0.1, -0.05) is 17.7 Å². The number of ether oxygens (including phenoxy) is 1. The molecule has 0 aliphatic carbocycles. The Kier molecular flexibility index (Phi) is 6.97. The lowest BCUT2D eigenvalue weighted by atomic mass is 10.2. The van der Waals surface area contributed by atoms with Crippen molar-refractivity contribution < 1.29 is 9.53 Å². The van der Waals surface area contributed by atoms with Crippen molar-refractivity contribution in [3.8, 4) is 10.7 Å². The van der Waals surface area contributed by atoms with Gasteiger partial charge in [0.05, 0.1) is 15.8 Å². The van der Waals surface area contributed by atoms with Crippen LogP contribution in [0.3, 0.4) is 0 Å². The molecule has 9 heteroatoms. The van der Waals surface area contributed by atoms with E-state index in [0.717, 1.165) is 21.5 Å². The number of carbonyl (C=O) groups is 1. The van der Waals surface area contributed by atoms with Crippen LogP contribution in [-0.2, 0) is 17.7 Å². The summed E-state index contributed by atoms with van der Waals surface area (Å²) in [7, 11) is 1.75. The summed E-state index contributed by atoms with van der Waals surface area (Å²) in [5.41, 5.74) is -0.497. The van der Waals surface area contributed by atoms with Crippen molar-refractivity contribution in [3.63, 3.8) is 0 Å². The minimum absolute atomic E-state index is 0.313. The fourth-order valence-electron chi connectivity index (χ4n) is 2.68. The zero-order valence-electron chi connectivity index (χ0n) is 17.0. The summed E-state index contributed by atoms with van der Waals surface area (Å²) in [6, 6.07) is 7.93. The van der Waals surface area contributed by atoms with E-state index in [2.05, 4.69) is 11.4 Å². The lowest BCUT2D eigenvalue weighted by molar-refractivity contribution is 0.0297. The maximum Gasteiger partial charge on any atom is 0.410 e. The Morgan fingerprint density at radius 2 is 2.10 bits per heavy atom. The summed E-state index contributed by atoms with van der Waals surface area (Å²) in [5.74, 6) is 1.59. The Morgan fingerprint density at radius 3 is 2.72 bits per heavy atom. The Labute approximate surface area is 184 Å². The van der Waals surface area contributed by atoms with Crippen molar-refractivity contribution in [2.75, 3.05) is 13.6 Å². The largest absolute Gasteiger partial charge is 0.444 e. The average Bonchev–Trinajstić information content (AvgIpc) is 3.36. The first-order valence-corrected chi connectivity index (χ1v) is 11.4. The Morgan fingerprint density at radius 1 is 1.31 bits per heavy atom. The van der Waals surface area contributed by atoms with Crippen LogP contribution >= 0.6 is 34.3 Å². The van der Waals surface area contributed by atoms with Gasteiger partial charge in [-0.2, -0.15) is 0 Å². The van der Waals surface area contributed by atoms with E-state index in [1.165, 1.54) is 16.2 Å². The zero-order chi connectivity index (χ0) is 21.0. The second-order valence-corrected chi connectivity index (χ2v) is 10.4. The molecule has 3 aromatic rings. The highest BCUT2D eigenvalue weighted by atomic mass is 35.5. The fraction of sp³-hybridized carbons (Fsp3) is 0.450. The zero-order valence-corrected chi connectivity index (χ0v) is 19.4. The third kappa shape index (κ3) is 6.29. The van der Waals surface area contributed by atoms with Crippen LogP contribution in [0.5, 0.6) is 0 Å². The van der Waals surface area contributed by atoms with Gasteiger partial charge in [-0.05, 0) is 50.8 Å². The van der Waals surface area contributed by atoms with E-state index in [1.54, 1.807) is 23.3 Å². The molecule has 156 valence electrons. The lowest BCUT2D eigenvalue weighted by Crippen LogP contribution is -2.34. The van der Waals surface area contributed by atoms with E-state index in [0.29, 0.717) is 25.3 Å². The lowest BCUT2D eigenvalue weighted by Gasteiger charge is -2.24. The average molecular weight is 453 g/mol. The third-order valence-electron chi connectivity index (χ3n) is 4.03. The van der Waals surface area contributed by atoms with E-state index < -0.39 is 5.60 Å². The monoisotopic (exact) mass is 452 g/mol. The molecule has 3 rings (SSSR count). The summed E-state index contributed by atoms with van der Waals surface area (Å²) < 4.78 is 8.07. The van der Waals surface area contributed by atoms with Crippen LogP contribution in [0.25, 0.3) is 10.7 Å². The van der Waals surface area contributed by atoms with E-state index >= 15 is 0 Å². The predicted octanol–water partition coefficient (Wildman–Crippen LogP) is 5.57. The molecule has 0 aromatic carbocycles. The van der Waals surface area contributed by atoms with E-state index in [9.17, 15) is 4.79 Å². The van der Waals surface area contributed by atoms with Crippen molar-refractivity contribution >= 4 is 40.4 Å². The maximum absolute atomic E-state index is 12.1. The van der Waals surface area contributed by atoms with Gasteiger partial charge >= 0.3 is 6.09 Å². The van der Waals surface area contributed by atoms with Crippen LogP contribution in [0.15, 0.2) is 29.6 Å². The van der Waals surface area contributed by atoms with Crippen LogP contribution < -0.4 is 0 Å². The van der Waals surface area contributed by atoms with Crippen LogP contribution in [-0.4, -0.2) is 45.0 Å². The second kappa shape index (κ2) is 9.28. The minimum Gasteiger partial charge on any atom is -0.444 e. The van der Waals surface area contributed by atoms with Gasteiger partial charge in [0.25, 0.3) is 0 Å². The number of hydrogen-bond donors (Lipinski definition) is 0. The van der Waals surface area contributed by atoms with Gasteiger partial charge < -0.3 is 9.64 Å². The molecule has 29 heavy (non-hydrogen) atoms. The van der Waals surface area contributed by atoms with Gasteiger partial charge in [-0.15, -0.1) is 27.8 Å². The van der Waals surface area contributed by atoms with Crippen molar-refractivity contribution in [2.24, 2.45) is 0 Å². The SMILES string of the molecule is CN(CCCc1nc(-c2ccc(Cl)s2)nn1Cc1cccs1)C(=O)OC(C)(C)C. The summed E-state index contributed by atoms with van der Waals surface area (Å²) >= 11 is 9.24. The standard InChI is InChI=1S/C20H25ClN4O2S2/c1-20(2,3)27-19(26)24(4)11-5-8-17-22-18(15-9-10-16(21)29-15)23-25(17)13-14-7-6-12-28-14/h6-7,9-10,12H,5,8,11,13H2,1-4H3. The molecule has 0 N–H and O–H groups in total. The van der Waals surface area contributed by atoms with Gasteiger partial charge in [0.15, 0.2) is 5.82 Å². The smallest absolute Gasteiger partial charge is 0.410 e. The van der Waals surface area contributed by atoms with Crippen molar-refractivity contribution in [1.82, 2.24) is 19.7 Å². The molecular formula is C20H25ClN4O2S2. The topological polar surface area (TPSA) is 60.2 Å². The highest BCUT2D eigenvalue weighted by Gasteiger charge is 2.20. The first kappa shape index (κ1) is 21.8. The van der Waals surface area contributed by atoms with Gasteiger partial charge in [0.1, 0.15) is 11.4 Å². The number of hydrogen-bond acceptors (Lipinski definition) is 6. The molecule has 0 radical (unpaired) electrons. The fourth-order valence-corrected chi connectivity index (χ4v) is 4.34. The van der Waals surface area contributed by atoms with E-state index in [-0.39, 0.29) is 6.09 Å². The first-order valence-electron chi connectivity index (χ1n) is 9.37. The molecule has 0 unspecified atom stereocenters. The number of nitrogens with zero attached hydrogens (tertiary/aromatic N) is 4. The second-order valence-electron chi connectivity index (χ2n) is 7.70. The predicted molar refractivity (Wildman–Crippen MR) is 119 cm³/mol. The molecular weight excluding hydrogens is 428 g/mol. The summed E-state index contributed by atoms with van der Waals surface area (Å²) in [6.45, 7) is 6.86. The molecule has 3 aromatic heterocycles. The molecule has 3 heterocycles. The van der Waals surface area contributed by atoms with E-state index in [1.807, 2.05) is 43.7 Å². The Balaban J connectivity index is 1.68. The number of carbonyl (C=O) groups excluding carboxylic acids is 1. The third-order valence-corrected chi connectivity index (χ3v) is 6.11. The molecule has 0 spiro atoms. The molecule has 0 aliphatic rings. The number of aryl methyl sites for hydroxylation is 1. The summed E-state index contributed by atoms with van der Waals surface area (Å²) in [6.07, 6.45) is 1.17. The Bertz CT molecular complexity index is 944.